The number of aromatic carboxylic acids is 1. The zero-order valence-corrected chi connectivity index (χ0v) is 19.3. The number of carbonyl (C=O) groups is 1. The number of nitrogens with one attached hydrogen (secondary N) is 1. The maximum absolute atomic E-state index is 11.8. The fourth-order valence-electron chi connectivity index (χ4n) is 6.21. The number of carboxylic acid groups (broad SMARTS) is 1. The molecule has 0 saturated heterocycles. The maximum atomic E-state index is 11.8. The first-order valence-electron chi connectivity index (χ1n) is 12.2. The van der Waals surface area contributed by atoms with Gasteiger partial charge in [0, 0.05) is 18.2 Å². The molecular formula is C28H28N4O3. The number of aliphatic hydroxyl groups excluding tert-OH is 1. The van der Waals surface area contributed by atoms with E-state index in [1.165, 1.54) is 11.1 Å². The summed E-state index contributed by atoms with van der Waals surface area (Å²) in [5.41, 5.74) is 5.85. The SMILES string of the molecule is O=C(O)c1ccccc1[C@H]1C[C@@H](c2ccc3c(N[C@H]4CCc5ccccc54)ncnn23)C[C@@H]1CO. The average Bonchev–Trinajstić information content (AvgIpc) is 3.61. The lowest BCUT2D eigenvalue weighted by atomic mass is 9.86. The minimum Gasteiger partial charge on any atom is -0.478 e. The Kier molecular flexibility index (Phi) is 5.49. The van der Waals surface area contributed by atoms with Crippen LogP contribution in [0.5, 0.6) is 0 Å². The summed E-state index contributed by atoms with van der Waals surface area (Å²) < 4.78 is 1.96. The topological polar surface area (TPSA) is 99.8 Å². The maximum Gasteiger partial charge on any atom is 0.335 e. The van der Waals surface area contributed by atoms with Crippen LogP contribution in [0.1, 0.15) is 69.9 Å². The zero-order chi connectivity index (χ0) is 23.9. The van der Waals surface area contributed by atoms with Crippen molar-refractivity contribution in [1.29, 1.82) is 0 Å². The van der Waals surface area contributed by atoms with E-state index in [1.54, 1.807) is 18.5 Å². The molecule has 4 aromatic rings. The molecule has 0 bridgehead atoms. The molecule has 2 aliphatic rings. The lowest BCUT2D eigenvalue weighted by Gasteiger charge is -2.19. The van der Waals surface area contributed by atoms with Crippen molar-refractivity contribution in [3.8, 4) is 0 Å². The molecule has 6 rings (SSSR count). The molecule has 3 N–H and O–H groups in total. The van der Waals surface area contributed by atoms with Gasteiger partial charge in [-0.2, -0.15) is 5.10 Å². The molecule has 7 heteroatoms. The lowest BCUT2D eigenvalue weighted by molar-refractivity contribution is 0.0694. The molecule has 2 aromatic carbocycles. The van der Waals surface area contributed by atoms with Gasteiger partial charge in [0.05, 0.1) is 11.6 Å². The Morgan fingerprint density at radius 1 is 1.03 bits per heavy atom. The van der Waals surface area contributed by atoms with Gasteiger partial charge in [0.15, 0.2) is 5.82 Å². The third-order valence-electron chi connectivity index (χ3n) is 7.86. The van der Waals surface area contributed by atoms with E-state index < -0.39 is 5.97 Å². The van der Waals surface area contributed by atoms with Crippen LogP contribution >= 0.6 is 0 Å². The van der Waals surface area contributed by atoms with Crippen molar-refractivity contribution in [2.24, 2.45) is 5.92 Å². The number of aliphatic hydroxyl groups is 1. The first kappa shape index (κ1) is 21.8. The Balaban J connectivity index is 1.30. The van der Waals surface area contributed by atoms with Crippen LogP contribution in [0.25, 0.3) is 5.52 Å². The summed E-state index contributed by atoms with van der Waals surface area (Å²) in [6.07, 6.45) is 5.24. The third kappa shape index (κ3) is 3.76. The first-order chi connectivity index (χ1) is 17.1. The number of benzene rings is 2. The lowest BCUT2D eigenvalue weighted by Crippen LogP contribution is -2.14. The second kappa shape index (κ2) is 8.82. The zero-order valence-electron chi connectivity index (χ0n) is 19.3. The summed E-state index contributed by atoms with van der Waals surface area (Å²) >= 11 is 0. The van der Waals surface area contributed by atoms with Gasteiger partial charge < -0.3 is 15.5 Å². The van der Waals surface area contributed by atoms with Crippen LogP contribution in [0.2, 0.25) is 0 Å². The van der Waals surface area contributed by atoms with Crippen molar-refractivity contribution in [3.63, 3.8) is 0 Å². The van der Waals surface area contributed by atoms with Gasteiger partial charge in [-0.1, -0.05) is 42.5 Å². The van der Waals surface area contributed by atoms with Crippen LogP contribution in [0.15, 0.2) is 67.0 Å². The molecule has 0 aliphatic heterocycles. The van der Waals surface area contributed by atoms with Gasteiger partial charge in [0.1, 0.15) is 11.8 Å². The van der Waals surface area contributed by atoms with Gasteiger partial charge in [0.25, 0.3) is 0 Å². The van der Waals surface area contributed by atoms with Crippen molar-refractivity contribution in [2.45, 2.75) is 43.6 Å². The number of anilines is 1. The van der Waals surface area contributed by atoms with E-state index in [0.717, 1.165) is 48.3 Å². The third-order valence-corrected chi connectivity index (χ3v) is 7.86. The van der Waals surface area contributed by atoms with Gasteiger partial charge in [-0.3, -0.25) is 0 Å². The fraction of sp³-hybridized carbons (Fsp3) is 0.321. The Bertz CT molecular complexity index is 1400. The Hall–Kier alpha value is -3.71. The Labute approximate surface area is 203 Å². The van der Waals surface area contributed by atoms with Crippen molar-refractivity contribution >= 4 is 17.3 Å². The normalized spacial score (nSPS) is 23.5. The van der Waals surface area contributed by atoms with Crippen LogP contribution in [-0.4, -0.2) is 37.4 Å². The fourth-order valence-corrected chi connectivity index (χ4v) is 6.21. The molecule has 0 spiro atoms. The number of aromatic nitrogens is 3. The van der Waals surface area contributed by atoms with Gasteiger partial charge >= 0.3 is 5.97 Å². The standard InChI is InChI=1S/C28H28N4O3/c33-15-19-13-18(14-23(19)21-7-3-4-8-22(21)28(34)35)25-11-12-26-27(29-16-30-32(25)26)31-24-10-9-17-5-1-2-6-20(17)24/h1-8,11-12,16,18-19,23-24,33H,9-10,13-15H2,(H,34,35)(H,29,30,31)/t18-,19+,23-,24-/m0/s1. The van der Waals surface area contributed by atoms with E-state index >= 15 is 0 Å². The molecule has 0 radical (unpaired) electrons. The van der Waals surface area contributed by atoms with Gasteiger partial charge in [-0.25, -0.2) is 14.3 Å². The number of aryl methyl sites for hydroxylation is 1. The van der Waals surface area contributed by atoms with Crippen LogP contribution in [-0.2, 0) is 6.42 Å². The van der Waals surface area contributed by atoms with Crippen molar-refractivity contribution < 1.29 is 15.0 Å². The van der Waals surface area contributed by atoms with Crippen molar-refractivity contribution in [1.82, 2.24) is 14.6 Å². The average molecular weight is 469 g/mol. The minimum atomic E-state index is -0.925. The van der Waals surface area contributed by atoms with E-state index in [0.29, 0.717) is 5.56 Å². The molecule has 0 amide bonds. The highest BCUT2D eigenvalue weighted by Crippen LogP contribution is 2.48. The number of nitrogens with zero attached hydrogens (tertiary/aromatic N) is 3. The molecule has 7 nitrogen and oxygen atoms in total. The highest BCUT2D eigenvalue weighted by atomic mass is 16.4. The largest absolute Gasteiger partial charge is 0.478 e. The molecule has 178 valence electrons. The van der Waals surface area contributed by atoms with E-state index in [-0.39, 0.29) is 30.4 Å². The molecule has 4 atom stereocenters. The van der Waals surface area contributed by atoms with Crippen LogP contribution in [0, 0.1) is 5.92 Å². The van der Waals surface area contributed by atoms with Gasteiger partial charge in [0.2, 0.25) is 0 Å². The second-order valence-corrected chi connectivity index (χ2v) is 9.71. The number of rotatable bonds is 6. The van der Waals surface area contributed by atoms with E-state index in [9.17, 15) is 15.0 Å². The van der Waals surface area contributed by atoms with Gasteiger partial charge in [-0.15, -0.1) is 0 Å². The molecule has 35 heavy (non-hydrogen) atoms. The van der Waals surface area contributed by atoms with Crippen molar-refractivity contribution in [3.05, 3.63) is 94.9 Å². The van der Waals surface area contributed by atoms with E-state index in [4.69, 9.17) is 0 Å². The quantitative estimate of drug-likeness (QED) is 0.376. The Morgan fingerprint density at radius 2 is 1.83 bits per heavy atom. The molecule has 2 aliphatic carbocycles. The van der Waals surface area contributed by atoms with Crippen LogP contribution in [0.3, 0.4) is 0 Å². The summed E-state index contributed by atoms with van der Waals surface area (Å²) in [4.78, 5) is 16.4. The highest BCUT2D eigenvalue weighted by molar-refractivity contribution is 5.89. The van der Waals surface area contributed by atoms with Crippen LogP contribution in [0.4, 0.5) is 5.82 Å². The number of fused-ring (bicyclic) bond motifs is 2. The number of carboxylic acids is 1. The summed E-state index contributed by atoms with van der Waals surface area (Å²) in [6, 6.07) is 20.1. The predicted molar refractivity (Wildman–Crippen MR) is 133 cm³/mol. The summed E-state index contributed by atoms with van der Waals surface area (Å²) in [5.74, 6) is 0.0393. The van der Waals surface area contributed by atoms with Gasteiger partial charge in [-0.05, 0) is 72.4 Å². The molecular weight excluding hydrogens is 440 g/mol. The molecule has 1 saturated carbocycles. The van der Waals surface area contributed by atoms with E-state index in [2.05, 4.69) is 51.8 Å². The smallest absolute Gasteiger partial charge is 0.335 e. The number of hydrogen-bond donors (Lipinski definition) is 3. The molecule has 2 heterocycles. The predicted octanol–water partition coefficient (Wildman–Crippen LogP) is 4.80. The Morgan fingerprint density at radius 3 is 2.66 bits per heavy atom. The second-order valence-electron chi connectivity index (χ2n) is 9.71. The highest BCUT2D eigenvalue weighted by Gasteiger charge is 2.38. The monoisotopic (exact) mass is 468 g/mol. The minimum absolute atomic E-state index is 0.000438. The van der Waals surface area contributed by atoms with E-state index in [1.807, 2.05) is 16.6 Å². The summed E-state index contributed by atoms with van der Waals surface area (Å²) in [5, 5.41) is 28.1. The summed E-state index contributed by atoms with van der Waals surface area (Å²) in [6.45, 7) is 0.0291. The number of hydrogen-bond acceptors (Lipinski definition) is 5. The molecule has 0 unspecified atom stereocenters. The van der Waals surface area contributed by atoms with Crippen LogP contribution < -0.4 is 5.32 Å². The first-order valence-corrected chi connectivity index (χ1v) is 12.2. The van der Waals surface area contributed by atoms with Crippen molar-refractivity contribution in [2.75, 3.05) is 11.9 Å². The molecule has 1 fully saturated rings. The molecule has 2 aromatic heterocycles. The summed E-state index contributed by atoms with van der Waals surface area (Å²) in [7, 11) is 0.